The molecule has 0 radical (unpaired) electrons. The van der Waals surface area contributed by atoms with Crippen molar-refractivity contribution in [3.63, 3.8) is 0 Å². The molecule has 0 heteroatoms. The highest BCUT2D eigenvalue weighted by Crippen LogP contribution is 2.22. The molecule has 0 heterocycles. The lowest BCUT2D eigenvalue weighted by Crippen LogP contribution is -1.37. The van der Waals surface area contributed by atoms with Gasteiger partial charge in [0.15, 0.2) is 0 Å². The first-order valence-corrected chi connectivity index (χ1v) is 1.68. The summed E-state index contributed by atoms with van der Waals surface area (Å²) in [4.78, 5) is 0. The molecule has 0 nitrogen and oxygen atoms in total. The van der Waals surface area contributed by atoms with E-state index in [1.807, 2.05) is 0 Å². The Bertz CT molecular complexity index is 96.6. The summed E-state index contributed by atoms with van der Waals surface area (Å²) < 4.78 is 0. The Kier molecular flexibility index (Phi) is 0.276. The largest absolute Gasteiger partial charge is 0.0915 e. The molecule has 1 aliphatic rings. The van der Waals surface area contributed by atoms with Crippen molar-refractivity contribution in [2.24, 2.45) is 0 Å². The molecule has 0 saturated heterocycles. The monoisotopic (exact) mass is 66.0 g/mol. The lowest BCUT2D eigenvalue weighted by atomic mass is 10.5. The van der Waals surface area contributed by atoms with E-state index in [0.29, 0.717) is 0 Å². The van der Waals surface area contributed by atoms with E-state index in [1.54, 1.807) is 0 Å². The van der Waals surface area contributed by atoms with Crippen LogP contribution in [0.1, 0.15) is 6.92 Å². The first-order chi connectivity index (χ1) is 2.30. The van der Waals surface area contributed by atoms with Gasteiger partial charge in [0.25, 0.3) is 0 Å². The highest BCUT2D eigenvalue weighted by atomic mass is 14.1. The average Bonchev–Trinajstić information content (AvgIpc) is 1.79. The first kappa shape index (κ1) is 2.70. The fraction of sp³-hybridized carbons (Fsp3) is 0.200. The topological polar surface area (TPSA) is 0 Å². The van der Waals surface area contributed by atoms with Gasteiger partial charge in [-0.15, -0.1) is 0 Å². The van der Waals surface area contributed by atoms with Gasteiger partial charge in [0.2, 0.25) is 0 Å². The van der Waals surface area contributed by atoms with Crippen molar-refractivity contribution >= 4 is 0 Å². The van der Waals surface area contributed by atoms with Crippen LogP contribution in [0.2, 0.25) is 0 Å². The fourth-order valence-electron chi connectivity index (χ4n) is 0.225. The Labute approximate surface area is 31.8 Å². The van der Waals surface area contributed by atoms with Crippen molar-refractivity contribution in [1.82, 2.24) is 0 Å². The maximum absolute atomic E-state index is 3.66. The van der Waals surface area contributed by atoms with Gasteiger partial charge in [0.1, 0.15) is 0 Å². The summed E-state index contributed by atoms with van der Waals surface area (Å²) >= 11 is 0. The molecule has 0 unspecified atom stereocenters. The molecule has 0 bridgehead atoms. The van der Waals surface area contributed by atoms with Crippen LogP contribution in [-0.2, 0) is 0 Å². The summed E-state index contributed by atoms with van der Waals surface area (Å²) in [6.07, 6.45) is 2.06. The maximum atomic E-state index is 3.66. The quantitative estimate of drug-likeness (QED) is 0.402. The third-order valence-corrected chi connectivity index (χ3v) is 0.814. The molecule has 26 valence electrons. The maximum Gasteiger partial charge on any atom is -0.0296 e. The average molecular weight is 66.1 g/mol. The van der Waals surface area contributed by atoms with Crippen molar-refractivity contribution in [2.45, 2.75) is 6.92 Å². The second-order valence-electron chi connectivity index (χ2n) is 1.35. The first-order valence-electron chi connectivity index (χ1n) is 1.68. The van der Waals surface area contributed by atoms with Gasteiger partial charge in [-0.05, 0) is 18.1 Å². The van der Waals surface area contributed by atoms with E-state index in [0.717, 1.165) is 0 Å². The van der Waals surface area contributed by atoms with Crippen LogP contribution < -0.4 is 0 Å². The summed E-state index contributed by atoms with van der Waals surface area (Å²) in [5.41, 5.74) is 2.56. The third kappa shape index (κ3) is 0.254. The molecular weight excluding hydrogens is 60.1 g/mol. The van der Waals surface area contributed by atoms with Crippen molar-refractivity contribution in [3.05, 3.63) is 23.8 Å². The summed E-state index contributed by atoms with van der Waals surface area (Å²) in [5, 5.41) is 0. The normalized spacial score (nSPS) is 18.6. The highest BCUT2D eigenvalue weighted by Gasteiger charge is 2.03. The summed E-state index contributed by atoms with van der Waals surface area (Å²) in [5.74, 6) is 0. The zero-order valence-corrected chi connectivity index (χ0v) is 3.28. The van der Waals surface area contributed by atoms with Crippen molar-refractivity contribution < 1.29 is 0 Å². The van der Waals surface area contributed by atoms with Crippen LogP contribution in [-0.4, -0.2) is 0 Å². The lowest BCUT2D eigenvalue weighted by Gasteiger charge is -1.56. The summed E-state index contributed by atoms with van der Waals surface area (Å²) in [6.45, 7) is 5.71. The predicted molar refractivity (Wildman–Crippen MR) is 22.9 cm³/mol. The van der Waals surface area contributed by atoms with Crippen LogP contribution in [0.15, 0.2) is 23.8 Å². The van der Waals surface area contributed by atoms with E-state index >= 15 is 0 Å². The van der Waals surface area contributed by atoms with E-state index in [9.17, 15) is 0 Å². The lowest BCUT2D eigenvalue weighted by molar-refractivity contribution is 1.67. The number of hydrogen-bond acceptors (Lipinski definition) is 0. The molecule has 0 amide bonds. The van der Waals surface area contributed by atoms with Gasteiger partial charge in [0, 0.05) is 0 Å². The second-order valence-corrected chi connectivity index (χ2v) is 1.35. The van der Waals surface area contributed by atoms with Gasteiger partial charge in [-0.2, -0.15) is 0 Å². The van der Waals surface area contributed by atoms with Crippen LogP contribution in [0.4, 0.5) is 0 Å². The van der Waals surface area contributed by atoms with Gasteiger partial charge >= 0.3 is 0 Å². The number of allylic oxidation sites excluding steroid dienone is 3. The number of hydrogen-bond donors (Lipinski definition) is 0. The minimum Gasteiger partial charge on any atom is -0.0915 e. The standard InChI is InChI=1S/C5H6/c1-4-3-5(4)2/h3H,1H2,2H3. The van der Waals surface area contributed by atoms with Crippen molar-refractivity contribution in [2.75, 3.05) is 0 Å². The van der Waals surface area contributed by atoms with E-state index in [-0.39, 0.29) is 0 Å². The van der Waals surface area contributed by atoms with E-state index in [4.69, 9.17) is 0 Å². The smallest absolute Gasteiger partial charge is 0.0296 e. The highest BCUT2D eigenvalue weighted by molar-refractivity contribution is 5.53. The van der Waals surface area contributed by atoms with Crippen LogP contribution in [0.3, 0.4) is 0 Å². The molecule has 0 aromatic heterocycles. The van der Waals surface area contributed by atoms with E-state index in [2.05, 4.69) is 19.6 Å². The van der Waals surface area contributed by atoms with Crippen LogP contribution >= 0.6 is 0 Å². The van der Waals surface area contributed by atoms with Crippen molar-refractivity contribution in [1.29, 1.82) is 0 Å². The van der Waals surface area contributed by atoms with Gasteiger partial charge < -0.3 is 0 Å². The second kappa shape index (κ2) is 0.510. The fourth-order valence-corrected chi connectivity index (χ4v) is 0.225. The SMILES string of the molecule is C=C1C=C1C. The molecule has 0 N–H and O–H groups in total. The van der Waals surface area contributed by atoms with Crippen LogP contribution in [0, 0.1) is 0 Å². The Morgan fingerprint density at radius 1 is 1.80 bits per heavy atom. The minimum atomic E-state index is 1.21. The molecule has 0 fully saturated rings. The molecule has 1 rings (SSSR count). The molecule has 0 saturated carbocycles. The minimum absolute atomic E-state index is 1.21. The third-order valence-electron chi connectivity index (χ3n) is 0.814. The van der Waals surface area contributed by atoms with Crippen LogP contribution in [0.25, 0.3) is 0 Å². The summed E-state index contributed by atoms with van der Waals surface area (Å²) in [7, 11) is 0. The molecule has 0 atom stereocenters. The molecule has 0 aromatic carbocycles. The van der Waals surface area contributed by atoms with Crippen molar-refractivity contribution in [3.8, 4) is 0 Å². The molecular formula is C5H6. The molecule has 0 aromatic rings. The molecule has 5 heavy (non-hydrogen) atoms. The van der Waals surface area contributed by atoms with E-state index in [1.165, 1.54) is 11.1 Å². The Hall–Kier alpha value is -0.520. The molecule has 1 aliphatic carbocycles. The predicted octanol–water partition coefficient (Wildman–Crippen LogP) is 1.50. The van der Waals surface area contributed by atoms with Gasteiger partial charge in [-0.25, -0.2) is 0 Å². The van der Waals surface area contributed by atoms with Gasteiger partial charge in [-0.3, -0.25) is 0 Å². The zero-order valence-electron chi connectivity index (χ0n) is 3.28. The Balaban J connectivity index is 2.69. The van der Waals surface area contributed by atoms with Crippen LogP contribution in [0.5, 0.6) is 0 Å². The Morgan fingerprint density at radius 3 is 2.00 bits per heavy atom. The van der Waals surface area contributed by atoms with Gasteiger partial charge in [-0.1, -0.05) is 12.7 Å². The molecule has 0 aliphatic heterocycles. The summed E-state index contributed by atoms with van der Waals surface area (Å²) in [6, 6.07) is 0. The molecule has 0 spiro atoms. The van der Waals surface area contributed by atoms with Gasteiger partial charge in [0.05, 0.1) is 0 Å². The van der Waals surface area contributed by atoms with E-state index < -0.39 is 0 Å². The zero-order chi connectivity index (χ0) is 3.86. The number of rotatable bonds is 0. The Morgan fingerprint density at radius 2 is 2.00 bits per heavy atom.